The zero-order valence-corrected chi connectivity index (χ0v) is 12.1. The van der Waals surface area contributed by atoms with Crippen LogP contribution in [-0.4, -0.2) is 17.9 Å². The molecular weight excluding hydrogens is 285 g/mol. The summed E-state index contributed by atoms with van der Waals surface area (Å²) in [6.45, 7) is 1.90. The molecule has 2 rings (SSSR count). The predicted molar refractivity (Wildman–Crippen MR) is 75.7 cm³/mol. The van der Waals surface area contributed by atoms with Gasteiger partial charge in [0, 0.05) is 17.1 Å². The molecule has 0 radical (unpaired) electrons. The molecule has 0 bridgehead atoms. The molecule has 0 spiro atoms. The summed E-state index contributed by atoms with van der Waals surface area (Å²) >= 11 is 12.0. The Hall–Kier alpha value is -1.45. The smallest absolute Gasteiger partial charge is 0.289 e. The van der Waals surface area contributed by atoms with Crippen LogP contribution in [0.3, 0.4) is 0 Å². The lowest BCUT2D eigenvalue weighted by Gasteiger charge is -2.25. The zero-order chi connectivity index (χ0) is 14.0. The van der Waals surface area contributed by atoms with Gasteiger partial charge in [0.25, 0.3) is 5.91 Å². The lowest BCUT2D eigenvalue weighted by Crippen LogP contribution is -2.29. The first-order valence-electron chi connectivity index (χ1n) is 5.76. The van der Waals surface area contributed by atoms with Crippen LogP contribution in [0.2, 0.25) is 10.0 Å². The Morgan fingerprint density at radius 3 is 2.63 bits per heavy atom. The SMILES string of the molecule is CC(c1ccc(Cl)cc1Cl)N(C)C(=O)c1ccco1. The maximum absolute atomic E-state index is 12.2. The van der Waals surface area contributed by atoms with Crippen LogP contribution in [0, 0.1) is 0 Å². The first-order chi connectivity index (χ1) is 9.00. The van der Waals surface area contributed by atoms with E-state index < -0.39 is 0 Å². The third-order valence-electron chi connectivity index (χ3n) is 3.05. The van der Waals surface area contributed by atoms with E-state index in [1.807, 2.05) is 13.0 Å². The van der Waals surface area contributed by atoms with Crippen LogP contribution in [0.5, 0.6) is 0 Å². The number of benzene rings is 1. The number of nitrogens with zero attached hydrogens (tertiary/aromatic N) is 1. The third-order valence-corrected chi connectivity index (χ3v) is 3.61. The fourth-order valence-corrected chi connectivity index (χ4v) is 2.37. The molecule has 1 aromatic heterocycles. The minimum Gasteiger partial charge on any atom is -0.459 e. The van der Waals surface area contributed by atoms with Gasteiger partial charge in [0.15, 0.2) is 5.76 Å². The Bertz CT molecular complexity index is 581. The van der Waals surface area contributed by atoms with Gasteiger partial charge in [-0.1, -0.05) is 29.3 Å². The summed E-state index contributed by atoms with van der Waals surface area (Å²) in [5, 5.41) is 1.11. The van der Waals surface area contributed by atoms with Crippen molar-refractivity contribution in [1.82, 2.24) is 4.90 Å². The summed E-state index contributed by atoms with van der Waals surface area (Å²) in [4.78, 5) is 13.7. The Morgan fingerprint density at radius 1 is 1.32 bits per heavy atom. The van der Waals surface area contributed by atoms with Crippen molar-refractivity contribution in [2.75, 3.05) is 7.05 Å². The summed E-state index contributed by atoms with van der Waals surface area (Å²) in [7, 11) is 1.71. The van der Waals surface area contributed by atoms with Crippen molar-refractivity contribution in [2.45, 2.75) is 13.0 Å². The molecule has 0 aliphatic carbocycles. The number of halogens is 2. The van der Waals surface area contributed by atoms with Crippen molar-refractivity contribution in [1.29, 1.82) is 0 Å². The minimum absolute atomic E-state index is 0.178. The second kappa shape index (κ2) is 5.68. The molecule has 19 heavy (non-hydrogen) atoms. The molecule has 3 nitrogen and oxygen atoms in total. The molecule has 0 N–H and O–H groups in total. The molecule has 0 fully saturated rings. The van der Waals surface area contributed by atoms with Gasteiger partial charge in [0.1, 0.15) is 0 Å². The van der Waals surface area contributed by atoms with Crippen LogP contribution in [0.15, 0.2) is 41.0 Å². The summed E-state index contributed by atoms with van der Waals surface area (Å²) in [6.07, 6.45) is 1.47. The molecule has 0 saturated carbocycles. The Kier molecular flexibility index (Phi) is 4.17. The highest BCUT2D eigenvalue weighted by Gasteiger charge is 2.22. The van der Waals surface area contributed by atoms with Gasteiger partial charge in [-0.05, 0) is 36.8 Å². The fourth-order valence-electron chi connectivity index (χ4n) is 1.80. The van der Waals surface area contributed by atoms with Gasteiger partial charge >= 0.3 is 0 Å². The maximum atomic E-state index is 12.2. The van der Waals surface area contributed by atoms with Gasteiger partial charge in [-0.25, -0.2) is 0 Å². The summed E-state index contributed by atoms with van der Waals surface area (Å²) in [5.74, 6) is 0.114. The van der Waals surface area contributed by atoms with Crippen LogP contribution in [0.4, 0.5) is 0 Å². The molecule has 1 unspecified atom stereocenters. The van der Waals surface area contributed by atoms with E-state index in [4.69, 9.17) is 27.6 Å². The average Bonchev–Trinajstić information content (AvgIpc) is 2.90. The largest absolute Gasteiger partial charge is 0.459 e. The van der Waals surface area contributed by atoms with E-state index in [1.54, 1.807) is 36.2 Å². The second-order valence-corrected chi connectivity index (χ2v) is 5.08. The Morgan fingerprint density at radius 2 is 2.05 bits per heavy atom. The van der Waals surface area contributed by atoms with Crippen LogP contribution >= 0.6 is 23.2 Å². The van der Waals surface area contributed by atoms with Crippen molar-refractivity contribution in [3.63, 3.8) is 0 Å². The zero-order valence-electron chi connectivity index (χ0n) is 10.6. The number of furan rings is 1. The van der Waals surface area contributed by atoms with E-state index in [1.165, 1.54) is 6.26 Å². The number of hydrogen-bond donors (Lipinski definition) is 0. The Balaban J connectivity index is 2.23. The number of amides is 1. The second-order valence-electron chi connectivity index (χ2n) is 4.24. The molecule has 100 valence electrons. The molecule has 1 aromatic carbocycles. The van der Waals surface area contributed by atoms with Crippen molar-refractivity contribution in [3.8, 4) is 0 Å². The molecule has 1 heterocycles. The normalized spacial score (nSPS) is 12.2. The van der Waals surface area contributed by atoms with Gasteiger partial charge in [0.2, 0.25) is 0 Å². The first kappa shape index (κ1) is 14.0. The van der Waals surface area contributed by atoms with Crippen LogP contribution in [-0.2, 0) is 0 Å². The number of hydrogen-bond acceptors (Lipinski definition) is 2. The van der Waals surface area contributed by atoms with E-state index >= 15 is 0 Å². The van der Waals surface area contributed by atoms with Crippen LogP contribution < -0.4 is 0 Å². The number of rotatable bonds is 3. The van der Waals surface area contributed by atoms with E-state index in [0.29, 0.717) is 15.8 Å². The summed E-state index contributed by atoms with van der Waals surface area (Å²) in [5.41, 5.74) is 0.841. The number of carbonyl (C=O) groups excluding carboxylic acids is 1. The van der Waals surface area contributed by atoms with Crippen molar-refractivity contribution in [3.05, 3.63) is 58.0 Å². The Labute approximate surface area is 121 Å². The van der Waals surface area contributed by atoms with E-state index in [2.05, 4.69) is 0 Å². The molecule has 0 saturated heterocycles. The maximum Gasteiger partial charge on any atom is 0.289 e. The molecule has 0 aliphatic heterocycles. The topological polar surface area (TPSA) is 33.5 Å². The third kappa shape index (κ3) is 2.94. The molecule has 1 amide bonds. The molecule has 0 aliphatic rings. The lowest BCUT2D eigenvalue weighted by atomic mass is 10.1. The van der Waals surface area contributed by atoms with Gasteiger partial charge < -0.3 is 9.32 Å². The highest BCUT2D eigenvalue weighted by atomic mass is 35.5. The number of carbonyl (C=O) groups is 1. The predicted octanol–water partition coefficient (Wildman–Crippen LogP) is 4.42. The first-order valence-corrected chi connectivity index (χ1v) is 6.52. The van der Waals surface area contributed by atoms with Crippen LogP contribution in [0.25, 0.3) is 0 Å². The average molecular weight is 298 g/mol. The van der Waals surface area contributed by atoms with Crippen molar-refractivity contribution < 1.29 is 9.21 Å². The van der Waals surface area contributed by atoms with Crippen LogP contribution in [0.1, 0.15) is 29.1 Å². The molecule has 5 heteroatoms. The molecule has 2 aromatic rings. The summed E-state index contributed by atoms with van der Waals surface area (Å²) in [6, 6.07) is 8.38. The quantitative estimate of drug-likeness (QED) is 0.840. The monoisotopic (exact) mass is 297 g/mol. The highest BCUT2D eigenvalue weighted by Crippen LogP contribution is 2.29. The standard InChI is InChI=1S/C14H13Cl2NO2/c1-9(11-6-5-10(15)8-12(11)16)17(2)14(18)13-4-3-7-19-13/h3-9H,1-2H3. The van der Waals surface area contributed by atoms with Gasteiger partial charge in [-0.15, -0.1) is 0 Å². The molecule has 1 atom stereocenters. The van der Waals surface area contributed by atoms with Crippen molar-refractivity contribution >= 4 is 29.1 Å². The van der Waals surface area contributed by atoms with Crippen molar-refractivity contribution in [2.24, 2.45) is 0 Å². The minimum atomic E-state index is -0.191. The van der Waals surface area contributed by atoms with Gasteiger partial charge in [0.05, 0.1) is 12.3 Å². The van der Waals surface area contributed by atoms with E-state index in [9.17, 15) is 4.79 Å². The van der Waals surface area contributed by atoms with E-state index in [-0.39, 0.29) is 11.9 Å². The van der Waals surface area contributed by atoms with Gasteiger partial charge in [-0.3, -0.25) is 4.79 Å². The highest BCUT2D eigenvalue weighted by molar-refractivity contribution is 6.35. The lowest BCUT2D eigenvalue weighted by molar-refractivity contribution is 0.0710. The fraction of sp³-hybridized carbons (Fsp3) is 0.214. The van der Waals surface area contributed by atoms with E-state index in [0.717, 1.165) is 5.56 Å². The van der Waals surface area contributed by atoms with Gasteiger partial charge in [-0.2, -0.15) is 0 Å². The molecular formula is C14H13Cl2NO2. The summed E-state index contributed by atoms with van der Waals surface area (Å²) < 4.78 is 5.11.